The van der Waals surface area contributed by atoms with Gasteiger partial charge >= 0.3 is 0 Å². The Balaban J connectivity index is 1.40. The van der Waals surface area contributed by atoms with Gasteiger partial charge in [-0.15, -0.1) is 0 Å². The molecule has 4 rings (SSSR count). The molecule has 3 aromatic carbocycles. The summed E-state index contributed by atoms with van der Waals surface area (Å²) in [4.78, 5) is 48.5. The second-order valence-electron chi connectivity index (χ2n) is 10.2. The number of ether oxygens (including phenoxy) is 2. The van der Waals surface area contributed by atoms with Gasteiger partial charge in [-0.3, -0.25) is 19.2 Å². The third-order valence-corrected chi connectivity index (χ3v) is 7.12. The normalized spacial score (nSPS) is 13.4. The van der Waals surface area contributed by atoms with Gasteiger partial charge in [-0.2, -0.15) is 0 Å². The Labute approximate surface area is 251 Å². The lowest BCUT2D eigenvalue weighted by Gasteiger charge is -2.32. The number of phenolic OH excluding ortho intramolecular Hbond substituents is 1. The monoisotopic (exact) mass is 590 g/mol. The minimum atomic E-state index is -0.403. The van der Waals surface area contributed by atoms with Gasteiger partial charge in [-0.25, -0.2) is 5.06 Å². The zero-order chi connectivity index (χ0) is 30.8. The summed E-state index contributed by atoms with van der Waals surface area (Å²) in [5.41, 5.74) is 2.26. The van der Waals surface area contributed by atoms with Gasteiger partial charge in [-0.05, 0) is 55.4 Å². The molecule has 0 radical (unpaired) electrons. The summed E-state index contributed by atoms with van der Waals surface area (Å²) in [6, 6.07) is 18.4. The van der Waals surface area contributed by atoms with Crippen LogP contribution in [0.4, 0.5) is 5.69 Å². The van der Waals surface area contributed by atoms with Gasteiger partial charge in [0.1, 0.15) is 12.4 Å². The van der Waals surface area contributed by atoms with Gasteiger partial charge in [0.15, 0.2) is 5.75 Å². The van der Waals surface area contributed by atoms with Crippen molar-refractivity contribution >= 4 is 23.4 Å². The molecule has 0 atom stereocenters. The van der Waals surface area contributed by atoms with Crippen molar-refractivity contribution in [2.24, 2.45) is 0 Å². The first kappa shape index (κ1) is 31.5. The van der Waals surface area contributed by atoms with Gasteiger partial charge in [0.2, 0.25) is 5.91 Å². The topological polar surface area (TPSA) is 121 Å². The molecule has 0 bridgehead atoms. The number of hydroxylamine groups is 2. The maximum atomic E-state index is 13.6. The third kappa shape index (κ3) is 8.31. The first-order valence-electron chi connectivity index (χ1n) is 14.1. The number of hydrogen-bond acceptors (Lipinski definition) is 8. The van der Waals surface area contributed by atoms with E-state index in [1.54, 1.807) is 12.1 Å². The van der Waals surface area contributed by atoms with Crippen LogP contribution in [-0.4, -0.2) is 105 Å². The maximum Gasteiger partial charge on any atom is 0.277 e. The van der Waals surface area contributed by atoms with Crippen LogP contribution in [0.3, 0.4) is 0 Å². The van der Waals surface area contributed by atoms with Crippen LogP contribution >= 0.6 is 0 Å². The lowest BCUT2D eigenvalue weighted by molar-refractivity contribution is -0.138. The largest absolute Gasteiger partial charge is 0.508 e. The van der Waals surface area contributed by atoms with E-state index in [2.05, 4.69) is 10.2 Å². The molecule has 3 aromatic rings. The minimum Gasteiger partial charge on any atom is -0.508 e. The second-order valence-corrected chi connectivity index (χ2v) is 10.2. The van der Waals surface area contributed by atoms with E-state index < -0.39 is 11.8 Å². The van der Waals surface area contributed by atoms with Crippen molar-refractivity contribution in [3.63, 3.8) is 0 Å². The van der Waals surface area contributed by atoms with E-state index in [9.17, 15) is 19.5 Å². The highest BCUT2D eigenvalue weighted by atomic mass is 16.7. The number of phenols is 1. The Kier molecular flexibility index (Phi) is 11.1. The van der Waals surface area contributed by atoms with E-state index in [0.29, 0.717) is 54.2 Å². The standard InChI is InChI=1S/C32H38N4O7/c1-34-16-18-36(19-17-34)28(38)22-42-20-7-21-43-35(2)32(40)26-14-15-27(33-31(39)24-10-12-25(37)13-11-24)30(41-3)29(26)23-8-5-4-6-9-23/h4-6,8-15,37H,7,16-22H2,1-3H3,(H,33,39). The zero-order valence-corrected chi connectivity index (χ0v) is 24.7. The molecule has 3 amide bonds. The summed E-state index contributed by atoms with van der Waals surface area (Å²) >= 11 is 0. The van der Waals surface area contributed by atoms with Gasteiger partial charge in [0.05, 0.1) is 25.0 Å². The molecular formula is C32H38N4O7. The highest BCUT2D eigenvalue weighted by Crippen LogP contribution is 2.40. The fourth-order valence-electron chi connectivity index (χ4n) is 4.67. The van der Waals surface area contributed by atoms with Gasteiger partial charge in [0.25, 0.3) is 11.8 Å². The van der Waals surface area contributed by atoms with E-state index in [0.717, 1.165) is 23.7 Å². The number of aromatic hydroxyl groups is 1. The molecule has 1 saturated heterocycles. The number of likely N-dealkylation sites (N-methyl/N-ethyl adjacent to an activating group) is 1. The average molecular weight is 591 g/mol. The summed E-state index contributed by atoms with van der Waals surface area (Å²) in [5.74, 6) is -0.454. The van der Waals surface area contributed by atoms with Crippen LogP contribution in [-0.2, 0) is 14.4 Å². The summed E-state index contributed by atoms with van der Waals surface area (Å²) in [5, 5.41) is 13.5. The number of benzene rings is 3. The SMILES string of the molecule is COc1c(NC(=O)c2ccc(O)cc2)ccc(C(=O)N(C)OCCCOCC(=O)N2CCN(C)CC2)c1-c1ccccc1. The number of anilines is 1. The number of hydrogen-bond donors (Lipinski definition) is 2. The molecule has 1 aliphatic heterocycles. The number of methoxy groups -OCH3 is 1. The molecule has 1 fully saturated rings. The van der Waals surface area contributed by atoms with Gasteiger partial charge in [0, 0.05) is 51.0 Å². The number of nitrogens with zero attached hydrogens (tertiary/aromatic N) is 3. The third-order valence-electron chi connectivity index (χ3n) is 7.12. The lowest BCUT2D eigenvalue weighted by atomic mass is 9.96. The molecule has 11 heteroatoms. The van der Waals surface area contributed by atoms with E-state index in [1.807, 2.05) is 42.3 Å². The highest BCUT2D eigenvalue weighted by molar-refractivity contribution is 6.08. The van der Waals surface area contributed by atoms with Crippen molar-refractivity contribution in [2.75, 3.05) is 72.5 Å². The van der Waals surface area contributed by atoms with Crippen LogP contribution in [0.1, 0.15) is 27.1 Å². The Bertz CT molecular complexity index is 1390. The van der Waals surface area contributed by atoms with Gasteiger partial charge < -0.3 is 29.7 Å². The zero-order valence-electron chi connectivity index (χ0n) is 24.7. The Morgan fingerprint density at radius 1 is 0.930 bits per heavy atom. The summed E-state index contributed by atoms with van der Waals surface area (Å²) < 4.78 is 11.3. The predicted octanol–water partition coefficient (Wildman–Crippen LogP) is 3.50. The number of carbonyl (C=O) groups is 3. The first-order chi connectivity index (χ1) is 20.8. The number of piperazine rings is 1. The maximum absolute atomic E-state index is 13.6. The molecule has 0 saturated carbocycles. The van der Waals surface area contributed by atoms with Crippen LogP contribution in [0.2, 0.25) is 0 Å². The molecule has 0 aliphatic carbocycles. The van der Waals surface area contributed by atoms with Crippen molar-refractivity contribution in [1.29, 1.82) is 0 Å². The lowest BCUT2D eigenvalue weighted by Crippen LogP contribution is -2.48. The van der Waals surface area contributed by atoms with E-state index in [1.165, 1.54) is 38.4 Å². The summed E-state index contributed by atoms with van der Waals surface area (Å²) in [7, 11) is 5.04. The molecule has 228 valence electrons. The average Bonchev–Trinajstić information content (AvgIpc) is 3.02. The van der Waals surface area contributed by atoms with Crippen molar-refractivity contribution in [3.05, 3.63) is 77.9 Å². The number of carbonyl (C=O) groups excluding carboxylic acids is 3. The molecule has 43 heavy (non-hydrogen) atoms. The molecule has 0 spiro atoms. The highest BCUT2D eigenvalue weighted by Gasteiger charge is 2.24. The number of amides is 3. The molecule has 0 unspecified atom stereocenters. The summed E-state index contributed by atoms with van der Waals surface area (Å²) in [6.45, 7) is 3.67. The predicted molar refractivity (Wildman–Crippen MR) is 162 cm³/mol. The summed E-state index contributed by atoms with van der Waals surface area (Å²) in [6.07, 6.45) is 0.491. The van der Waals surface area contributed by atoms with E-state index >= 15 is 0 Å². The number of rotatable bonds is 12. The molecule has 2 N–H and O–H groups in total. The van der Waals surface area contributed by atoms with Crippen molar-refractivity contribution in [1.82, 2.24) is 14.9 Å². The van der Waals surface area contributed by atoms with Gasteiger partial charge in [-0.1, -0.05) is 30.3 Å². The molecular weight excluding hydrogens is 552 g/mol. The van der Waals surface area contributed by atoms with Crippen LogP contribution in [0.25, 0.3) is 11.1 Å². The molecule has 1 heterocycles. The van der Waals surface area contributed by atoms with Crippen LogP contribution < -0.4 is 10.1 Å². The quantitative estimate of drug-likeness (QED) is 0.243. The van der Waals surface area contributed by atoms with Crippen LogP contribution in [0, 0.1) is 0 Å². The smallest absolute Gasteiger partial charge is 0.277 e. The van der Waals surface area contributed by atoms with Crippen LogP contribution in [0.5, 0.6) is 11.5 Å². The molecule has 1 aliphatic rings. The number of nitrogens with one attached hydrogen (secondary N) is 1. The Hall–Kier alpha value is -4.45. The van der Waals surface area contributed by atoms with E-state index in [4.69, 9.17) is 14.3 Å². The van der Waals surface area contributed by atoms with Crippen molar-refractivity contribution < 1.29 is 33.8 Å². The Morgan fingerprint density at radius 3 is 2.30 bits per heavy atom. The van der Waals surface area contributed by atoms with Crippen LogP contribution in [0.15, 0.2) is 66.7 Å². The fourth-order valence-corrected chi connectivity index (χ4v) is 4.67. The minimum absolute atomic E-state index is 0.0218. The van der Waals surface area contributed by atoms with E-state index in [-0.39, 0.29) is 24.9 Å². The molecule has 11 nitrogen and oxygen atoms in total. The second kappa shape index (κ2) is 15.1. The molecule has 0 aromatic heterocycles. The Morgan fingerprint density at radius 2 is 1.63 bits per heavy atom. The van der Waals surface area contributed by atoms with Crippen molar-refractivity contribution in [3.8, 4) is 22.6 Å². The fraction of sp³-hybridized carbons (Fsp3) is 0.344. The van der Waals surface area contributed by atoms with Crippen molar-refractivity contribution in [2.45, 2.75) is 6.42 Å². The first-order valence-corrected chi connectivity index (χ1v) is 14.1.